The molecular formula is C14H23BrO. The van der Waals surface area contributed by atoms with E-state index < -0.39 is 0 Å². The molecule has 0 unspecified atom stereocenters. The fourth-order valence-corrected chi connectivity index (χ4v) is 3.59. The summed E-state index contributed by atoms with van der Waals surface area (Å²) < 4.78 is 5.42. The van der Waals surface area contributed by atoms with Crippen LogP contribution in [-0.2, 0) is 4.74 Å². The van der Waals surface area contributed by atoms with Crippen LogP contribution in [0, 0.1) is 11.8 Å². The summed E-state index contributed by atoms with van der Waals surface area (Å²) in [4.78, 5) is 0. The second kappa shape index (κ2) is 6.80. The summed E-state index contributed by atoms with van der Waals surface area (Å²) in [5, 5.41) is 1.08. The van der Waals surface area contributed by atoms with Gasteiger partial charge in [-0.25, -0.2) is 0 Å². The minimum atomic E-state index is 0.781. The molecule has 2 fully saturated rings. The summed E-state index contributed by atoms with van der Waals surface area (Å²) >= 11 is 3.68. The van der Waals surface area contributed by atoms with Crippen LogP contribution in [0.4, 0.5) is 0 Å². The summed E-state index contributed by atoms with van der Waals surface area (Å²) in [5.74, 6) is 1.65. The van der Waals surface area contributed by atoms with Gasteiger partial charge in [0.05, 0.1) is 0 Å². The smallest absolute Gasteiger partial charge is 0.0471 e. The van der Waals surface area contributed by atoms with Gasteiger partial charge in [0.25, 0.3) is 0 Å². The molecule has 0 amide bonds. The largest absolute Gasteiger partial charge is 0.381 e. The van der Waals surface area contributed by atoms with E-state index >= 15 is 0 Å². The van der Waals surface area contributed by atoms with Crippen molar-refractivity contribution in [2.75, 3.05) is 18.5 Å². The Hall–Kier alpha value is 0.180. The van der Waals surface area contributed by atoms with E-state index in [1.807, 2.05) is 0 Å². The van der Waals surface area contributed by atoms with Gasteiger partial charge in [-0.15, -0.1) is 0 Å². The van der Waals surface area contributed by atoms with Crippen molar-refractivity contribution < 1.29 is 4.74 Å². The highest BCUT2D eigenvalue weighted by molar-refractivity contribution is 9.09. The van der Waals surface area contributed by atoms with E-state index in [4.69, 9.17) is 4.74 Å². The first-order chi connectivity index (χ1) is 7.90. The monoisotopic (exact) mass is 286 g/mol. The average Bonchev–Trinajstić information content (AvgIpc) is 2.38. The molecule has 2 heteroatoms. The summed E-state index contributed by atoms with van der Waals surface area (Å²) in [6.45, 7) is 1.92. The molecule has 92 valence electrons. The van der Waals surface area contributed by atoms with Crippen LogP contribution in [0.2, 0.25) is 0 Å². The Morgan fingerprint density at radius 1 is 1.06 bits per heavy atom. The van der Waals surface area contributed by atoms with Gasteiger partial charge < -0.3 is 4.74 Å². The van der Waals surface area contributed by atoms with Gasteiger partial charge in [0.2, 0.25) is 0 Å². The number of allylic oxidation sites excluding steroid dienone is 2. The summed E-state index contributed by atoms with van der Waals surface area (Å²) in [6, 6.07) is 0. The molecule has 1 aliphatic carbocycles. The van der Waals surface area contributed by atoms with Crippen molar-refractivity contribution >= 4 is 15.9 Å². The van der Waals surface area contributed by atoms with Gasteiger partial charge in [0.15, 0.2) is 0 Å². The van der Waals surface area contributed by atoms with E-state index in [1.54, 1.807) is 5.57 Å². The van der Waals surface area contributed by atoms with E-state index in [-0.39, 0.29) is 0 Å². The highest BCUT2D eigenvalue weighted by atomic mass is 79.9. The fourth-order valence-electron chi connectivity index (χ4n) is 2.95. The van der Waals surface area contributed by atoms with Crippen LogP contribution in [0.5, 0.6) is 0 Å². The standard InChI is InChI=1S/C14H23BrO/c15-11-14(13-4-2-1-3-5-13)10-12-6-8-16-9-7-12/h10,12-13H,1-9,11H2. The molecule has 0 radical (unpaired) electrons. The number of rotatable bonds is 3. The molecule has 1 heterocycles. The van der Waals surface area contributed by atoms with Gasteiger partial charge in [0, 0.05) is 18.5 Å². The van der Waals surface area contributed by atoms with Gasteiger partial charge in [-0.3, -0.25) is 0 Å². The van der Waals surface area contributed by atoms with Crippen molar-refractivity contribution in [2.45, 2.75) is 44.9 Å². The van der Waals surface area contributed by atoms with Gasteiger partial charge in [-0.2, -0.15) is 0 Å². The molecule has 1 saturated carbocycles. The number of hydrogen-bond acceptors (Lipinski definition) is 1. The predicted molar refractivity (Wildman–Crippen MR) is 72.0 cm³/mol. The van der Waals surface area contributed by atoms with Gasteiger partial charge in [-0.05, 0) is 37.5 Å². The van der Waals surface area contributed by atoms with Crippen molar-refractivity contribution in [3.8, 4) is 0 Å². The van der Waals surface area contributed by atoms with Gasteiger partial charge in [0.1, 0.15) is 0 Å². The van der Waals surface area contributed by atoms with Crippen LogP contribution in [0.15, 0.2) is 11.6 Å². The van der Waals surface area contributed by atoms with E-state index in [0.29, 0.717) is 0 Å². The maximum Gasteiger partial charge on any atom is 0.0471 e. The number of halogens is 1. The molecule has 1 saturated heterocycles. The second-order valence-electron chi connectivity index (χ2n) is 5.16. The van der Waals surface area contributed by atoms with Crippen molar-refractivity contribution in [1.82, 2.24) is 0 Å². The van der Waals surface area contributed by atoms with Crippen LogP contribution in [-0.4, -0.2) is 18.5 Å². The normalized spacial score (nSPS) is 25.9. The predicted octanol–water partition coefficient (Wildman–Crippen LogP) is 4.31. The highest BCUT2D eigenvalue weighted by Gasteiger charge is 2.19. The molecule has 0 atom stereocenters. The molecule has 0 bridgehead atoms. The Morgan fingerprint density at radius 2 is 1.75 bits per heavy atom. The Bertz CT molecular complexity index is 225. The van der Waals surface area contributed by atoms with E-state index in [9.17, 15) is 0 Å². The van der Waals surface area contributed by atoms with Crippen LogP contribution in [0.3, 0.4) is 0 Å². The summed E-state index contributed by atoms with van der Waals surface area (Å²) in [6.07, 6.45) is 12.2. The Balaban J connectivity index is 1.93. The first-order valence-corrected chi connectivity index (χ1v) is 7.86. The lowest BCUT2D eigenvalue weighted by Gasteiger charge is -2.26. The average molecular weight is 287 g/mol. The van der Waals surface area contributed by atoms with Crippen molar-refractivity contribution in [3.63, 3.8) is 0 Å². The van der Waals surface area contributed by atoms with Crippen LogP contribution < -0.4 is 0 Å². The molecule has 2 rings (SSSR count). The lowest BCUT2D eigenvalue weighted by molar-refractivity contribution is 0.0782. The van der Waals surface area contributed by atoms with Gasteiger partial charge >= 0.3 is 0 Å². The van der Waals surface area contributed by atoms with Crippen molar-refractivity contribution in [2.24, 2.45) is 11.8 Å². The summed E-state index contributed by atoms with van der Waals surface area (Å²) in [7, 11) is 0. The van der Waals surface area contributed by atoms with Crippen LogP contribution in [0.1, 0.15) is 44.9 Å². The second-order valence-corrected chi connectivity index (χ2v) is 5.72. The Kier molecular flexibility index (Phi) is 5.37. The number of alkyl halides is 1. The number of hydrogen-bond donors (Lipinski definition) is 0. The van der Waals surface area contributed by atoms with E-state index in [1.165, 1.54) is 44.9 Å². The highest BCUT2D eigenvalue weighted by Crippen LogP contribution is 2.32. The van der Waals surface area contributed by atoms with Crippen LogP contribution >= 0.6 is 15.9 Å². The Labute approximate surface area is 108 Å². The third-order valence-corrected chi connectivity index (χ3v) is 4.65. The van der Waals surface area contributed by atoms with E-state index in [2.05, 4.69) is 22.0 Å². The SMILES string of the molecule is BrCC(=CC1CCOCC1)C1CCCCC1. The van der Waals surface area contributed by atoms with Crippen LogP contribution in [0.25, 0.3) is 0 Å². The maximum absolute atomic E-state index is 5.42. The minimum absolute atomic E-state index is 0.781. The van der Waals surface area contributed by atoms with Gasteiger partial charge in [-0.1, -0.05) is 46.8 Å². The summed E-state index contributed by atoms with van der Waals surface area (Å²) in [5.41, 5.74) is 1.67. The molecule has 0 aromatic rings. The maximum atomic E-state index is 5.42. The lowest BCUT2D eigenvalue weighted by atomic mass is 9.82. The molecule has 0 spiro atoms. The zero-order chi connectivity index (χ0) is 11.2. The van der Waals surface area contributed by atoms with Crippen molar-refractivity contribution in [1.29, 1.82) is 0 Å². The molecule has 0 aromatic carbocycles. The first kappa shape index (κ1) is 12.6. The molecule has 0 N–H and O–H groups in total. The Morgan fingerprint density at radius 3 is 2.38 bits per heavy atom. The minimum Gasteiger partial charge on any atom is -0.381 e. The third kappa shape index (κ3) is 3.59. The molecule has 1 nitrogen and oxygen atoms in total. The molecule has 0 aromatic heterocycles. The van der Waals surface area contributed by atoms with Crippen molar-refractivity contribution in [3.05, 3.63) is 11.6 Å². The first-order valence-electron chi connectivity index (χ1n) is 6.74. The zero-order valence-electron chi connectivity index (χ0n) is 10.1. The molecule has 2 aliphatic rings. The number of ether oxygens (including phenoxy) is 1. The zero-order valence-corrected chi connectivity index (χ0v) is 11.7. The quantitative estimate of drug-likeness (QED) is 0.555. The third-order valence-electron chi connectivity index (χ3n) is 4.00. The molecule has 1 aliphatic heterocycles. The topological polar surface area (TPSA) is 9.23 Å². The molecular weight excluding hydrogens is 264 g/mol. The fraction of sp³-hybridized carbons (Fsp3) is 0.857. The lowest BCUT2D eigenvalue weighted by Crippen LogP contribution is -2.17. The van der Waals surface area contributed by atoms with E-state index in [0.717, 1.165) is 30.4 Å². The molecule has 16 heavy (non-hydrogen) atoms.